The van der Waals surface area contributed by atoms with E-state index in [4.69, 9.17) is 0 Å². The minimum atomic E-state index is -0.445. The molecule has 3 nitrogen and oxygen atoms in total. The zero-order chi connectivity index (χ0) is 17.4. The molecule has 2 rings (SSSR count). The Hall–Kier alpha value is -2.42. The fourth-order valence-electron chi connectivity index (χ4n) is 2.81. The van der Waals surface area contributed by atoms with Crippen molar-refractivity contribution >= 4 is 0 Å². The fourth-order valence-corrected chi connectivity index (χ4v) is 2.81. The molecule has 0 fully saturated rings. The van der Waals surface area contributed by atoms with Crippen LogP contribution in [0, 0.1) is 6.92 Å². The molecule has 0 heterocycles. The predicted molar refractivity (Wildman–Crippen MR) is 94.2 cm³/mol. The third kappa shape index (κ3) is 3.19. The molecule has 0 radical (unpaired) electrons. The molecule has 3 heteroatoms. The molecule has 2 aromatic rings. The minimum absolute atomic E-state index is 0.00344. The van der Waals surface area contributed by atoms with Gasteiger partial charge in [0.05, 0.1) is 0 Å². The average Bonchev–Trinajstić information content (AvgIpc) is 2.43. The summed E-state index contributed by atoms with van der Waals surface area (Å²) in [6.45, 7) is 11.4. The summed E-state index contributed by atoms with van der Waals surface area (Å²) in [6.07, 6.45) is 2.19. The van der Waals surface area contributed by atoms with Crippen LogP contribution in [0.25, 0.3) is 11.1 Å². The van der Waals surface area contributed by atoms with Crippen LogP contribution >= 0.6 is 0 Å². The lowest BCUT2D eigenvalue weighted by Crippen LogP contribution is -2.13. The maximum Gasteiger partial charge on any atom is 0.130 e. The van der Waals surface area contributed by atoms with Gasteiger partial charge in [0.25, 0.3) is 0 Å². The summed E-state index contributed by atoms with van der Waals surface area (Å²) < 4.78 is 0. The summed E-state index contributed by atoms with van der Waals surface area (Å²) in [5, 5.41) is 31.5. The van der Waals surface area contributed by atoms with E-state index < -0.39 is 5.41 Å². The molecule has 2 aromatic carbocycles. The number of hydrogen-bond acceptors (Lipinski definition) is 3. The number of aromatic hydroxyl groups is 3. The molecule has 0 spiro atoms. The SMILES string of the molecule is C=CCc1cc(-c2cc(C)ccc2O)c(O)c(C(C)(C)C)c1O. The maximum atomic E-state index is 10.8. The van der Waals surface area contributed by atoms with Gasteiger partial charge in [-0.2, -0.15) is 0 Å². The Balaban J connectivity index is 2.86. The lowest BCUT2D eigenvalue weighted by Gasteiger charge is -2.25. The van der Waals surface area contributed by atoms with Crippen LogP contribution in [-0.4, -0.2) is 15.3 Å². The molecule has 0 saturated carbocycles. The predicted octanol–water partition coefficient (Wildman–Crippen LogP) is 4.80. The van der Waals surface area contributed by atoms with Gasteiger partial charge in [-0.15, -0.1) is 6.58 Å². The third-order valence-corrected chi connectivity index (χ3v) is 3.91. The van der Waals surface area contributed by atoms with Gasteiger partial charge in [0.2, 0.25) is 0 Å². The number of hydrogen-bond donors (Lipinski definition) is 3. The summed E-state index contributed by atoms with van der Waals surface area (Å²) in [5.74, 6) is 0.190. The van der Waals surface area contributed by atoms with Crippen molar-refractivity contribution in [3.63, 3.8) is 0 Å². The van der Waals surface area contributed by atoms with Gasteiger partial charge in [-0.3, -0.25) is 0 Å². The van der Waals surface area contributed by atoms with Crippen molar-refractivity contribution in [3.8, 4) is 28.4 Å². The molecular formula is C20H24O3. The van der Waals surface area contributed by atoms with Crippen LogP contribution in [0.15, 0.2) is 36.9 Å². The molecule has 122 valence electrons. The van der Waals surface area contributed by atoms with Gasteiger partial charge < -0.3 is 15.3 Å². The van der Waals surface area contributed by atoms with Crippen LogP contribution in [-0.2, 0) is 11.8 Å². The topological polar surface area (TPSA) is 60.7 Å². The molecule has 0 aliphatic heterocycles. The molecule has 3 N–H and O–H groups in total. The Labute approximate surface area is 137 Å². The maximum absolute atomic E-state index is 10.8. The summed E-state index contributed by atoms with van der Waals surface area (Å²) in [6, 6.07) is 6.97. The van der Waals surface area contributed by atoms with E-state index in [2.05, 4.69) is 6.58 Å². The Kier molecular flexibility index (Phi) is 4.42. The van der Waals surface area contributed by atoms with E-state index in [1.807, 2.05) is 39.8 Å². The first kappa shape index (κ1) is 16.9. The molecule has 0 aromatic heterocycles. The van der Waals surface area contributed by atoms with Gasteiger partial charge in [-0.05, 0) is 42.5 Å². The lowest BCUT2D eigenvalue weighted by molar-refractivity contribution is 0.408. The van der Waals surface area contributed by atoms with Crippen LogP contribution in [0.5, 0.6) is 17.2 Å². The highest BCUT2D eigenvalue weighted by Crippen LogP contribution is 2.47. The van der Waals surface area contributed by atoms with E-state index in [1.54, 1.807) is 18.2 Å². The minimum Gasteiger partial charge on any atom is -0.507 e. The average molecular weight is 312 g/mol. The van der Waals surface area contributed by atoms with Crippen molar-refractivity contribution in [3.05, 3.63) is 53.6 Å². The monoisotopic (exact) mass is 312 g/mol. The number of aryl methyl sites for hydroxylation is 1. The number of benzene rings is 2. The normalized spacial score (nSPS) is 11.5. The fraction of sp³-hybridized carbons (Fsp3) is 0.300. The van der Waals surface area contributed by atoms with Gasteiger partial charge in [-0.25, -0.2) is 0 Å². The van der Waals surface area contributed by atoms with E-state index >= 15 is 0 Å². The Morgan fingerprint density at radius 2 is 1.65 bits per heavy atom. The molecule has 0 aliphatic carbocycles. The van der Waals surface area contributed by atoms with Crippen LogP contribution in [0.1, 0.15) is 37.5 Å². The van der Waals surface area contributed by atoms with Crippen molar-refractivity contribution < 1.29 is 15.3 Å². The Morgan fingerprint density at radius 3 is 2.22 bits per heavy atom. The van der Waals surface area contributed by atoms with Gasteiger partial charge in [-0.1, -0.05) is 38.5 Å². The second-order valence-electron chi connectivity index (χ2n) is 6.92. The van der Waals surface area contributed by atoms with Crippen LogP contribution in [0.4, 0.5) is 0 Å². The standard InChI is InChI=1S/C20H24O3/c1-6-7-13-11-15(14-10-12(2)8-9-16(14)21)19(23)17(18(13)22)20(3,4)5/h6,8-11,21-23H,1,7H2,2-5H3. The summed E-state index contributed by atoms with van der Waals surface area (Å²) in [5.41, 5.74) is 2.77. The zero-order valence-electron chi connectivity index (χ0n) is 14.1. The second-order valence-corrected chi connectivity index (χ2v) is 6.92. The quantitative estimate of drug-likeness (QED) is 0.713. The number of allylic oxidation sites excluding steroid dienone is 1. The molecule has 0 saturated heterocycles. The summed E-state index contributed by atoms with van der Waals surface area (Å²) in [4.78, 5) is 0. The second kappa shape index (κ2) is 5.99. The molecular weight excluding hydrogens is 288 g/mol. The smallest absolute Gasteiger partial charge is 0.130 e. The molecule has 0 amide bonds. The molecule has 0 atom stereocenters. The highest BCUT2D eigenvalue weighted by molar-refractivity contribution is 5.80. The van der Waals surface area contributed by atoms with E-state index in [9.17, 15) is 15.3 Å². The number of phenols is 3. The van der Waals surface area contributed by atoms with Crippen molar-refractivity contribution in [2.75, 3.05) is 0 Å². The van der Waals surface area contributed by atoms with Gasteiger partial charge in [0, 0.05) is 16.7 Å². The highest BCUT2D eigenvalue weighted by atomic mass is 16.3. The first-order valence-electron chi connectivity index (χ1n) is 7.66. The van der Waals surface area contributed by atoms with E-state index in [-0.39, 0.29) is 17.2 Å². The molecule has 0 bridgehead atoms. The highest BCUT2D eigenvalue weighted by Gasteiger charge is 2.27. The van der Waals surface area contributed by atoms with E-state index in [0.29, 0.717) is 28.7 Å². The first-order valence-corrected chi connectivity index (χ1v) is 7.66. The van der Waals surface area contributed by atoms with Gasteiger partial charge in [0.15, 0.2) is 0 Å². The van der Waals surface area contributed by atoms with Gasteiger partial charge >= 0.3 is 0 Å². The Morgan fingerprint density at radius 1 is 1.00 bits per heavy atom. The van der Waals surface area contributed by atoms with E-state index in [1.165, 1.54) is 0 Å². The van der Waals surface area contributed by atoms with Crippen molar-refractivity contribution in [2.24, 2.45) is 0 Å². The lowest BCUT2D eigenvalue weighted by atomic mass is 9.81. The third-order valence-electron chi connectivity index (χ3n) is 3.91. The Bertz CT molecular complexity index is 752. The zero-order valence-corrected chi connectivity index (χ0v) is 14.1. The van der Waals surface area contributed by atoms with Gasteiger partial charge in [0.1, 0.15) is 17.2 Å². The number of phenolic OH excluding ortho intramolecular Hbond substituents is 3. The summed E-state index contributed by atoms with van der Waals surface area (Å²) in [7, 11) is 0. The van der Waals surface area contributed by atoms with Crippen LogP contribution in [0.3, 0.4) is 0 Å². The van der Waals surface area contributed by atoms with Crippen molar-refractivity contribution in [1.29, 1.82) is 0 Å². The van der Waals surface area contributed by atoms with E-state index in [0.717, 1.165) is 5.56 Å². The first-order chi connectivity index (χ1) is 10.7. The van der Waals surface area contributed by atoms with Crippen molar-refractivity contribution in [1.82, 2.24) is 0 Å². The number of rotatable bonds is 3. The van der Waals surface area contributed by atoms with Crippen LogP contribution in [0.2, 0.25) is 0 Å². The molecule has 0 aliphatic rings. The molecule has 0 unspecified atom stereocenters. The van der Waals surface area contributed by atoms with Crippen molar-refractivity contribution in [2.45, 2.75) is 39.5 Å². The molecule has 23 heavy (non-hydrogen) atoms. The largest absolute Gasteiger partial charge is 0.507 e. The summed E-state index contributed by atoms with van der Waals surface area (Å²) >= 11 is 0. The van der Waals surface area contributed by atoms with Crippen LogP contribution < -0.4 is 0 Å².